The van der Waals surface area contributed by atoms with Crippen LogP contribution in [0.3, 0.4) is 0 Å². The van der Waals surface area contributed by atoms with Gasteiger partial charge in [-0.15, -0.1) is 0 Å². The number of carboxylic acid groups (broad SMARTS) is 1. The standard InChI is InChI=1S/C17H13ClN2O4/c18-14-9-13(6-7-15(14)21)17(24)20-19-10-12-3-1-11(2-4-12)5-8-16(22)23/h1-10,21H,(H,20,24)(H,22,23)/b8-5+,19-10+. The lowest BCUT2D eigenvalue weighted by molar-refractivity contribution is -0.131. The summed E-state index contributed by atoms with van der Waals surface area (Å²) in [6, 6.07) is 11.0. The Morgan fingerprint density at radius 1 is 1.08 bits per heavy atom. The van der Waals surface area contributed by atoms with Crippen molar-refractivity contribution in [2.45, 2.75) is 0 Å². The van der Waals surface area contributed by atoms with E-state index in [0.29, 0.717) is 0 Å². The number of carboxylic acids is 1. The minimum Gasteiger partial charge on any atom is -0.506 e. The van der Waals surface area contributed by atoms with E-state index in [4.69, 9.17) is 16.7 Å². The van der Waals surface area contributed by atoms with Crippen LogP contribution in [0, 0.1) is 0 Å². The lowest BCUT2D eigenvalue weighted by Gasteiger charge is -2.02. The van der Waals surface area contributed by atoms with Crippen molar-refractivity contribution in [3.8, 4) is 5.75 Å². The van der Waals surface area contributed by atoms with Crippen LogP contribution in [-0.4, -0.2) is 28.3 Å². The number of hydrogen-bond donors (Lipinski definition) is 3. The Morgan fingerprint density at radius 2 is 1.75 bits per heavy atom. The van der Waals surface area contributed by atoms with Gasteiger partial charge in [0.25, 0.3) is 5.91 Å². The Labute approximate surface area is 142 Å². The van der Waals surface area contributed by atoms with Crippen molar-refractivity contribution < 1.29 is 19.8 Å². The normalized spacial score (nSPS) is 11.0. The van der Waals surface area contributed by atoms with Crippen molar-refractivity contribution in [2.24, 2.45) is 5.10 Å². The zero-order valence-corrected chi connectivity index (χ0v) is 13.1. The van der Waals surface area contributed by atoms with E-state index < -0.39 is 11.9 Å². The molecular formula is C17H13ClN2O4. The first-order valence-corrected chi connectivity index (χ1v) is 7.16. The summed E-state index contributed by atoms with van der Waals surface area (Å²) in [6.07, 6.45) is 3.97. The molecule has 0 heterocycles. The van der Waals surface area contributed by atoms with Crippen LogP contribution in [0.4, 0.5) is 0 Å². The molecule has 24 heavy (non-hydrogen) atoms. The molecule has 0 bridgehead atoms. The fourth-order valence-corrected chi connectivity index (χ4v) is 1.92. The SMILES string of the molecule is O=C(O)/C=C/c1ccc(/C=N/NC(=O)c2ccc(O)c(Cl)c2)cc1. The van der Waals surface area contributed by atoms with Gasteiger partial charge in [-0.05, 0) is 35.4 Å². The first kappa shape index (κ1) is 17.2. The van der Waals surface area contributed by atoms with E-state index in [0.717, 1.165) is 17.2 Å². The first-order chi connectivity index (χ1) is 11.5. The maximum atomic E-state index is 11.9. The molecular weight excluding hydrogens is 332 g/mol. The largest absolute Gasteiger partial charge is 0.506 e. The third kappa shape index (κ3) is 4.96. The van der Waals surface area contributed by atoms with Crippen molar-refractivity contribution in [2.75, 3.05) is 0 Å². The predicted octanol–water partition coefficient (Wildman–Crippen LogP) is 2.91. The van der Waals surface area contributed by atoms with Crippen LogP contribution >= 0.6 is 11.6 Å². The molecule has 0 aliphatic heterocycles. The fourth-order valence-electron chi connectivity index (χ4n) is 1.74. The summed E-state index contributed by atoms with van der Waals surface area (Å²) in [4.78, 5) is 22.3. The molecule has 2 aromatic rings. The maximum absolute atomic E-state index is 11.9. The highest BCUT2D eigenvalue weighted by molar-refractivity contribution is 6.32. The number of hydrogen-bond acceptors (Lipinski definition) is 4. The quantitative estimate of drug-likeness (QED) is 0.441. The molecule has 1 amide bonds. The van der Waals surface area contributed by atoms with E-state index in [1.807, 2.05) is 0 Å². The monoisotopic (exact) mass is 344 g/mol. The number of aliphatic carboxylic acids is 1. The maximum Gasteiger partial charge on any atom is 0.328 e. The number of aromatic hydroxyl groups is 1. The molecule has 0 fully saturated rings. The van der Waals surface area contributed by atoms with Gasteiger partial charge in [0.1, 0.15) is 5.75 Å². The Kier molecular flexibility index (Phi) is 5.70. The average Bonchev–Trinajstić information content (AvgIpc) is 2.56. The van der Waals surface area contributed by atoms with Crippen molar-refractivity contribution >= 4 is 35.8 Å². The summed E-state index contributed by atoms with van der Waals surface area (Å²) in [5.74, 6) is -1.58. The van der Waals surface area contributed by atoms with Gasteiger partial charge < -0.3 is 10.2 Å². The van der Waals surface area contributed by atoms with Crippen LogP contribution < -0.4 is 5.43 Å². The Hall–Kier alpha value is -3.12. The molecule has 2 rings (SSSR count). The van der Waals surface area contributed by atoms with Gasteiger partial charge in [0, 0.05) is 11.6 Å². The summed E-state index contributed by atoms with van der Waals surface area (Å²) < 4.78 is 0. The Morgan fingerprint density at radius 3 is 2.38 bits per heavy atom. The topological polar surface area (TPSA) is 99.0 Å². The van der Waals surface area contributed by atoms with E-state index in [1.54, 1.807) is 24.3 Å². The Balaban J connectivity index is 1.97. The molecule has 3 N–H and O–H groups in total. The summed E-state index contributed by atoms with van der Waals surface area (Å²) in [5.41, 5.74) is 4.08. The number of benzene rings is 2. The number of nitrogens with one attached hydrogen (secondary N) is 1. The van der Waals surface area contributed by atoms with Gasteiger partial charge in [-0.3, -0.25) is 4.79 Å². The molecule has 0 spiro atoms. The molecule has 0 radical (unpaired) electrons. The van der Waals surface area contributed by atoms with E-state index in [2.05, 4.69) is 10.5 Å². The number of hydrazone groups is 1. The van der Waals surface area contributed by atoms with Crippen molar-refractivity contribution in [1.29, 1.82) is 0 Å². The smallest absolute Gasteiger partial charge is 0.328 e. The van der Waals surface area contributed by atoms with Crippen LogP contribution in [-0.2, 0) is 4.79 Å². The zero-order valence-electron chi connectivity index (χ0n) is 12.3. The number of halogens is 1. The van der Waals surface area contributed by atoms with Gasteiger partial charge in [-0.1, -0.05) is 35.9 Å². The lowest BCUT2D eigenvalue weighted by atomic mass is 10.1. The highest BCUT2D eigenvalue weighted by atomic mass is 35.5. The summed E-state index contributed by atoms with van der Waals surface area (Å²) >= 11 is 5.74. The summed E-state index contributed by atoms with van der Waals surface area (Å²) in [5, 5.41) is 21.8. The van der Waals surface area contributed by atoms with Gasteiger partial charge in [0.2, 0.25) is 0 Å². The molecule has 0 aromatic heterocycles. The number of nitrogens with zero attached hydrogens (tertiary/aromatic N) is 1. The number of rotatable bonds is 5. The van der Waals surface area contributed by atoms with Crippen molar-refractivity contribution in [3.05, 3.63) is 70.3 Å². The van der Waals surface area contributed by atoms with Crippen LogP contribution in [0.5, 0.6) is 5.75 Å². The van der Waals surface area contributed by atoms with E-state index in [1.165, 1.54) is 30.5 Å². The lowest BCUT2D eigenvalue weighted by Crippen LogP contribution is -2.17. The van der Waals surface area contributed by atoms with Gasteiger partial charge in [-0.25, -0.2) is 10.2 Å². The number of carbonyl (C=O) groups is 2. The molecule has 0 aliphatic rings. The van der Waals surface area contributed by atoms with Crippen molar-refractivity contribution in [1.82, 2.24) is 5.43 Å². The van der Waals surface area contributed by atoms with E-state index in [9.17, 15) is 14.7 Å². The molecule has 122 valence electrons. The van der Waals surface area contributed by atoms with Gasteiger partial charge in [0.05, 0.1) is 11.2 Å². The highest BCUT2D eigenvalue weighted by Gasteiger charge is 2.07. The van der Waals surface area contributed by atoms with E-state index in [-0.39, 0.29) is 16.3 Å². The second kappa shape index (κ2) is 7.94. The minimum atomic E-state index is -1.02. The molecule has 0 aliphatic carbocycles. The Bertz CT molecular complexity index is 814. The second-order valence-electron chi connectivity index (χ2n) is 4.70. The van der Waals surface area contributed by atoms with Crippen LogP contribution in [0.2, 0.25) is 5.02 Å². The molecule has 2 aromatic carbocycles. The molecule has 0 unspecified atom stereocenters. The minimum absolute atomic E-state index is 0.0802. The van der Waals surface area contributed by atoms with Crippen LogP contribution in [0.15, 0.2) is 53.6 Å². The van der Waals surface area contributed by atoms with E-state index >= 15 is 0 Å². The molecule has 0 atom stereocenters. The van der Waals surface area contributed by atoms with Gasteiger partial charge >= 0.3 is 5.97 Å². The number of phenols is 1. The molecule has 7 heteroatoms. The summed E-state index contributed by atoms with van der Waals surface area (Å²) in [6.45, 7) is 0. The summed E-state index contributed by atoms with van der Waals surface area (Å²) in [7, 11) is 0. The van der Waals surface area contributed by atoms with Crippen LogP contribution in [0.25, 0.3) is 6.08 Å². The average molecular weight is 345 g/mol. The number of phenolic OH excluding ortho intramolecular Hbond substituents is 1. The fraction of sp³-hybridized carbons (Fsp3) is 0. The van der Waals surface area contributed by atoms with Gasteiger partial charge in [0.15, 0.2) is 0 Å². The third-order valence-corrected chi connectivity index (χ3v) is 3.25. The van der Waals surface area contributed by atoms with Crippen molar-refractivity contribution in [3.63, 3.8) is 0 Å². The predicted molar refractivity (Wildman–Crippen MR) is 91.3 cm³/mol. The molecule has 0 saturated carbocycles. The highest BCUT2D eigenvalue weighted by Crippen LogP contribution is 2.23. The first-order valence-electron chi connectivity index (χ1n) is 6.79. The molecule has 0 saturated heterocycles. The zero-order chi connectivity index (χ0) is 17.5. The van der Waals surface area contributed by atoms with Gasteiger partial charge in [-0.2, -0.15) is 5.10 Å². The molecule has 6 nitrogen and oxygen atoms in total. The third-order valence-electron chi connectivity index (χ3n) is 2.94. The number of carbonyl (C=O) groups excluding carboxylic acids is 1. The second-order valence-corrected chi connectivity index (χ2v) is 5.11. The van der Waals surface area contributed by atoms with Crippen LogP contribution in [0.1, 0.15) is 21.5 Å². The number of amides is 1.